The molecule has 0 aliphatic carbocycles. The molecule has 0 fully saturated rings. The number of aromatic nitrogens is 2. The number of carbonyl (C=O) groups excluding carboxylic acids is 1. The number of rotatable bonds is 9. The fourth-order valence-corrected chi connectivity index (χ4v) is 6.49. The summed E-state index contributed by atoms with van der Waals surface area (Å²) in [6, 6.07) is 22.2. The predicted octanol–water partition coefficient (Wildman–Crippen LogP) is 6.68. The molecule has 9 heteroatoms. The van der Waals surface area contributed by atoms with E-state index in [0.29, 0.717) is 51.7 Å². The van der Waals surface area contributed by atoms with Crippen LogP contribution < -0.4 is 11.3 Å². The van der Waals surface area contributed by atoms with E-state index in [4.69, 9.17) is 22.3 Å². The average molecular weight is 598 g/mol. The van der Waals surface area contributed by atoms with Crippen LogP contribution in [0, 0.1) is 24.2 Å². The monoisotopic (exact) mass is 597 g/mol. The van der Waals surface area contributed by atoms with Gasteiger partial charge in [0.2, 0.25) is 0 Å². The molecular formula is C33H32ClN5O2S. The molecule has 2 aromatic heterocycles. The average Bonchev–Trinajstić information content (AvgIpc) is 3.40. The second-order valence-corrected chi connectivity index (χ2v) is 12.5. The molecule has 0 radical (unpaired) electrons. The maximum atomic E-state index is 14.4. The maximum Gasteiger partial charge on any atom is 0.261 e. The second kappa shape index (κ2) is 12.5. The van der Waals surface area contributed by atoms with Gasteiger partial charge in [-0.15, -0.1) is 11.3 Å². The molecule has 5 rings (SSSR count). The first-order valence-corrected chi connectivity index (χ1v) is 15.1. The van der Waals surface area contributed by atoms with Crippen molar-refractivity contribution in [3.8, 4) is 6.07 Å². The number of hydrogen-bond donors (Lipinski definition) is 1. The van der Waals surface area contributed by atoms with Crippen molar-refractivity contribution in [2.75, 3.05) is 13.1 Å². The zero-order chi connectivity index (χ0) is 30.0. The van der Waals surface area contributed by atoms with Crippen molar-refractivity contribution < 1.29 is 4.79 Å². The topological polar surface area (TPSA) is 105 Å². The molecule has 2 N–H and O–H groups in total. The van der Waals surface area contributed by atoms with E-state index >= 15 is 0 Å². The molecule has 1 unspecified atom stereocenters. The lowest BCUT2D eigenvalue weighted by atomic mass is 9.97. The highest BCUT2D eigenvalue weighted by molar-refractivity contribution is 7.16. The van der Waals surface area contributed by atoms with Crippen LogP contribution in [-0.2, 0) is 6.54 Å². The summed E-state index contributed by atoms with van der Waals surface area (Å²) in [6.07, 6.45) is 0.577. The molecule has 0 saturated carbocycles. The van der Waals surface area contributed by atoms with Gasteiger partial charge in [-0.25, -0.2) is 4.98 Å². The number of thiophene rings is 1. The standard InChI is InChI=1S/C33H32ClN5O2S/c1-20(2)30(38(16-6-15-35)32(40)22-11-9-21(3)10-12-22)31-37-29-26(17-23-7-4-5-8-25(23)27(29)18-36)33(41)39(31)19-24-13-14-28(34)42-24/h4-5,7-14,17,20,30H,6,15-16,19,35H2,1-3H3. The smallest absolute Gasteiger partial charge is 0.261 e. The number of fused-ring (bicyclic) bond motifs is 2. The molecule has 5 aromatic rings. The van der Waals surface area contributed by atoms with Crippen molar-refractivity contribution in [3.05, 3.63) is 109 Å². The summed E-state index contributed by atoms with van der Waals surface area (Å²) in [7, 11) is 0. The Kier molecular flexibility index (Phi) is 8.74. The van der Waals surface area contributed by atoms with Crippen LogP contribution in [0.2, 0.25) is 4.34 Å². The number of carbonyl (C=O) groups is 1. The number of nitriles is 1. The zero-order valence-corrected chi connectivity index (χ0v) is 25.4. The summed E-state index contributed by atoms with van der Waals surface area (Å²) >= 11 is 7.65. The molecule has 42 heavy (non-hydrogen) atoms. The van der Waals surface area contributed by atoms with Crippen molar-refractivity contribution >= 4 is 50.5 Å². The quantitative estimate of drug-likeness (QED) is 0.191. The molecular weight excluding hydrogens is 566 g/mol. The third-order valence-corrected chi connectivity index (χ3v) is 8.67. The van der Waals surface area contributed by atoms with Crippen molar-refractivity contribution in [2.45, 2.75) is 39.8 Å². The summed E-state index contributed by atoms with van der Waals surface area (Å²) in [5.74, 6) is 0.142. The van der Waals surface area contributed by atoms with Crippen LogP contribution >= 0.6 is 22.9 Å². The highest BCUT2D eigenvalue weighted by atomic mass is 35.5. The molecule has 1 amide bonds. The Balaban J connectivity index is 1.80. The molecule has 0 aliphatic rings. The number of hydrogen-bond acceptors (Lipinski definition) is 6. The number of nitrogens with zero attached hydrogens (tertiary/aromatic N) is 4. The summed E-state index contributed by atoms with van der Waals surface area (Å²) in [6.45, 7) is 7.01. The van der Waals surface area contributed by atoms with E-state index in [9.17, 15) is 14.9 Å². The van der Waals surface area contributed by atoms with Crippen LogP contribution in [0.15, 0.2) is 71.5 Å². The van der Waals surface area contributed by atoms with E-state index in [1.54, 1.807) is 21.6 Å². The van der Waals surface area contributed by atoms with Gasteiger partial charge in [-0.05, 0) is 61.5 Å². The SMILES string of the molecule is Cc1ccc(C(=O)N(CCCN)C(c2nc3c(C#N)c4ccccc4cc3c(=O)n2Cc2ccc(Cl)s2)C(C)C)cc1. The van der Waals surface area contributed by atoms with Crippen LogP contribution in [0.3, 0.4) is 0 Å². The van der Waals surface area contributed by atoms with E-state index in [1.165, 1.54) is 11.3 Å². The summed E-state index contributed by atoms with van der Waals surface area (Å²) in [5, 5.41) is 12.1. The van der Waals surface area contributed by atoms with Gasteiger partial charge in [-0.1, -0.05) is 67.4 Å². The van der Waals surface area contributed by atoms with E-state index in [0.717, 1.165) is 21.2 Å². The van der Waals surface area contributed by atoms with Gasteiger partial charge in [0.15, 0.2) is 0 Å². The lowest BCUT2D eigenvalue weighted by Crippen LogP contribution is -2.42. The van der Waals surface area contributed by atoms with Gasteiger partial charge in [0.1, 0.15) is 11.9 Å². The summed E-state index contributed by atoms with van der Waals surface area (Å²) < 4.78 is 2.26. The second-order valence-electron chi connectivity index (χ2n) is 10.7. The molecule has 0 saturated heterocycles. The number of nitrogens with two attached hydrogens (primary N) is 1. The van der Waals surface area contributed by atoms with Gasteiger partial charge in [-0.2, -0.15) is 5.26 Å². The predicted molar refractivity (Wildman–Crippen MR) is 170 cm³/mol. The molecule has 0 aliphatic heterocycles. The fraction of sp³-hybridized carbons (Fsp3) is 0.273. The number of benzene rings is 3. The van der Waals surface area contributed by atoms with E-state index < -0.39 is 6.04 Å². The minimum Gasteiger partial charge on any atom is -0.330 e. The Morgan fingerprint density at radius 2 is 1.86 bits per heavy atom. The van der Waals surface area contributed by atoms with E-state index in [2.05, 4.69) is 6.07 Å². The fourth-order valence-electron chi connectivity index (χ4n) is 5.41. The molecule has 3 aromatic carbocycles. The highest BCUT2D eigenvalue weighted by Gasteiger charge is 2.33. The van der Waals surface area contributed by atoms with Crippen LogP contribution in [0.4, 0.5) is 0 Å². The first-order chi connectivity index (χ1) is 20.2. The van der Waals surface area contributed by atoms with E-state index in [1.807, 2.05) is 75.4 Å². The Morgan fingerprint density at radius 3 is 2.50 bits per heavy atom. The van der Waals surface area contributed by atoms with Gasteiger partial charge in [0, 0.05) is 22.4 Å². The molecule has 0 spiro atoms. The van der Waals surface area contributed by atoms with Gasteiger partial charge in [-0.3, -0.25) is 14.2 Å². The molecule has 2 heterocycles. The first-order valence-electron chi connectivity index (χ1n) is 13.9. The normalized spacial score (nSPS) is 12.1. The van der Waals surface area contributed by atoms with Gasteiger partial charge < -0.3 is 10.6 Å². The molecule has 7 nitrogen and oxygen atoms in total. The van der Waals surface area contributed by atoms with Crippen molar-refractivity contribution in [1.29, 1.82) is 5.26 Å². The van der Waals surface area contributed by atoms with E-state index in [-0.39, 0.29) is 23.9 Å². The maximum absolute atomic E-state index is 14.4. The minimum atomic E-state index is -0.573. The Hall–Kier alpha value is -4.03. The van der Waals surface area contributed by atoms with Gasteiger partial charge in [0.25, 0.3) is 11.5 Å². The molecule has 1 atom stereocenters. The molecule has 214 valence electrons. The largest absolute Gasteiger partial charge is 0.330 e. The number of amides is 1. The lowest BCUT2D eigenvalue weighted by Gasteiger charge is -2.35. The first kappa shape index (κ1) is 29.5. The summed E-state index contributed by atoms with van der Waals surface area (Å²) in [5.41, 5.74) is 7.93. The van der Waals surface area contributed by atoms with Crippen molar-refractivity contribution in [2.24, 2.45) is 11.7 Å². The number of aryl methyl sites for hydroxylation is 1. The van der Waals surface area contributed by atoms with Crippen LogP contribution in [0.5, 0.6) is 0 Å². The van der Waals surface area contributed by atoms with Crippen LogP contribution in [0.1, 0.15) is 58.5 Å². The third-order valence-electron chi connectivity index (χ3n) is 7.45. The minimum absolute atomic E-state index is 0.120. The Bertz CT molecular complexity index is 1870. The highest BCUT2D eigenvalue weighted by Crippen LogP contribution is 2.33. The van der Waals surface area contributed by atoms with Crippen molar-refractivity contribution in [3.63, 3.8) is 0 Å². The van der Waals surface area contributed by atoms with Crippen LogP contribution in [0.25, 0.3) is 21.7 Å². The molecule has 0 bridgehead atoms. The van der Waals surface area contributed by atoms with Crippen molar-refractivity contribution in [1.82, 2.24) is 14.5 Å². The lowest BCUT2D eigenvalue weighted by molar-refractivity contribution is 0.0603. The summed E-state index contributed by atoms with van der Waals surface area (Å²) in [4.78, 5) is 36.2. The van der Waals surface area contributed by atoms with Crippen LogP contribution in [-0.4, -0.2) is 33.4 Å². The van der Waals surface area contributed by atoms with Gasteiger partial charge in [0.05, 0.1) is 33.4 Å². The number of halogens is 1. The Morgan fingerprint density at radius 1 is 1.12 bits per heavy atom. The zero-order valence-electron chi connectivity index (χ0n) is 23.8. The van der Waals surface area contributed by atoms with Gasteiger partial charge >= 0.3 is 0 Å². The third kappa shape index (κ3) is 5.68. The Labute approximate surface area is 253 Å².